The van der Waals surface area contributed by atoms with Crippen molar-refractivity contribution in [2.75, 3.05) is 20.0 Å². The number of halogens is 3. The van der Waals surface area contributed by atoms with Crippen LogP contribution in [0.3, 0.4) is 0 Å². The van der Waals surface area contributed by atoms with Crippen LogP contribution in [0.1, 0.15) is 22.0 Å². The van der Waals surface area contributed by atoms with Crippen LogP contribution in [0, 0.1) is 0 Å². The van der Waals surface area contributed by atoms with Gasteiger partial charge in [-0.2, -0.15) is 17.9 Å². The monoisotopic (exact) mass is 505 g/mol. The lowest BCUT2D eigenvalue weighted by Crippen LogP contribution is -2.44. The summed E-state index contributed by atoms with van der Waals surface area (Å²) in [4.78, 5) is 12.6. The molecule has 0 bridgehead atoms. The van der Waals surface area contributed by atoms with Crippen molar-refractivity contribution in [2.24, 2.45) is 0 Å². The minimum Gasteiger partial charge on any atom is -0.454 e. The lowest BCUT2D eigenvalue weighted by Gasteiger charge is -2.18. The van der Waals surface area contributed by atoms with E-state index in [9.17, 15) is 18.0 Å². The molecule has 4 atom stereocenters. The first kappa shape index (κ1) is 22.5. The SMILES string of the molecule is O=C(NC1COC2C1OCC2n1nnnc1Oc1ccc2c(c1)OCO2)c1ccc(C(F)(F)F)cc1. The summed E-state index contributed by atoms with van der Waals surface area (Å²) in [6.45, 7) is 0.482. The van der Waals surface area contributed by atoms with Gasteiger partial charge in [-0.1, -0.05) is 5.10 Å². The Labute approximate surface area is 201 Å². The number of amides is 1. The Morgan fingerprint density at radius 1 is 1.03 bits per heavy atom. The van der Waals surface area contributed by atoms with Crippen molar-refractivity contribution in [3.8, 4) is 23.3 Å². The van der Waals surface area contributed by atoms with Gasteiger partial charge in [0.1, 0.15) is 24.0 Å². The largest absolute Gasteiger partial charge is 0.454 e. The summed E-state index contributed by atoms with van der Waals surface area (Å²) < 4.78 is 68.1. The summed E-state index contributed by atoms with van der Waals surface area (Å²) in [5, 5.41) is 14.4. The highest BCUT2D eigenvalue weighted by Gasteiger charge is 2.50. The Morgan fingerprint density at radius 2 is 1.81 bits per heavy atom. The number of fused-ring (bicyclic) bond motifs is 2. The number of ether oxygens (including phenoxy) is 5. The van der Waals surface area contributed by atoms with Crippen LogP contribution in [0.25, 0.3) is 0 Å². The topological polar surface area (TPSA) is 119 Å². The number of carbonyl (C=O) groups is 1. The van der Waals surface area contributed by atoms with E-state index in [1.807, 2.05) is 0 Å². The molecule has 2 fully saturated rings. The number of carbonyl (C=O) groups excluding carboxylic acids is 1. The highest BCUT2D eigenvalue weighted by atomic mass is 19.4. The van der Waals surface area contributed by atoms with E-state index in [1.165, 1.54) is 4.68 Å². The Kier molecular flexibility index (Phi) is 5.41. The Balaban J connectivity index is 1.12. The predicted molar refractivity (Wildman–Crippen MR) is 112 cm³/mol. The van der Waals surface area contributed by atoms with Gasteiger partial charge in [0.2, 0.25) is 6.79 Å². The molecule has 4 heterocycles. The molecule has 188 valence electrons. The molecule has 3 aromatic rings. The van der Waals surface area contributed by atoms with Crippen LogP contribution in [0.5, 0.6) is 23.3 Å². The van der Waals surface area contributed by atoms with Crippen LogP contribution >= 0.6 is 0 Å². The van der Waals surface area contributed by atoms with Gasteiger partial charge in [0.05, 0.1) is 24.8 Å². The zero-order valence-corrected chi connectivity index (χ0v) is 18.3. The maximum absolute atomic E-state index is 12.8. The number of aromatic nitrogens is 4. The molecule has 11 nitrogen and oxygen atoms in total. The number of nitrogens with one attached hydrogen (secondary N) is 1. The van der Waals surface area contributed by atoms with Gasteiger partial charge >= 0.3 is 12.2 Å². The summed E-state index contributed by atoms with van der Waals surface area (Å²) in [5.74, 6) is 1.07. The second-order valence-corrected chi connectivity index (χ2v) is 8.34. The third kappa shape index (κ3) is 4.07. The van der Waals surface area contributed by atoms with Gasteiger partial charge in [0, 0.05) is 11.6 Å². The molecule has 4 unspecified atom stereocenters. The molecule has 2 saturated heterocycles. The smallest absolute Gasteiger partial charge is 0.416 e. The number of rotatable bonds is 5. The summed E-state index contributed by atoms with van der Waals surface area (Å²) in [7, 11) is 0. The van der Waals surface area contributed by atoms with E-state index in [-0.39, 0.29) is 31.6 Å². The number of benzene rings is 2. The van der Waals surface area contributed by atoms with Crippen LogP contribution in [-0.4, -0.2) is 64.4 Å². The molecule has 6 rings (SSSR count). The first-order valence-corrected chi connectivity index (χ1v) is 10.9. The third-order valence-electron chi connectivity index (χ3n) is 6.15. The van der Waals surface area contributed by atoms with E-state index >= 15 is 0 Å². The first-order chi connectivity index (χ1) is 17.4. The van der Waals surface area contributed by atoms with Crippen molar-refractivity contribution >= 4 is 5.91 Å². The third-order valence-corrected chi connectivity index (χ3v) is 6.15. The van der Waals surface area contributed by atoms with E-state index in [1.54, 1.807) is 18.2 Å². The van der Waals surface area contributed by atoms with Gasteiger partial charge in [0.25, 0.3) is 5.91 Å². The van der Waals surface area contributed by atoms with Gasteiger partial charge < -0.3 is 29.0 Å². The van der Waals surface area contributed by atoms with Crippen LogP contribution in [-0.2, 0) is 15.7 Å². The van der Waals surface area contributed by atoms with Crippen molar-refractivity contribution < 1.29 is 41.7 Å². The van der Waals surface area contributed by atoms with Gasteiger partial charge in [-0.15, -0.1) is 0 Å². The molecular weight excluding hydrogens is 487 g/mol. The Morgan fingerprint density at radius 3 is 2.61 bits per heavy atom. The fraction of sp³-hybridized carbons (Fsp3) is 0.364. The minimum absolute atomic E-state index is 0.0980. The zero-order valence-electron chi connectivity index (χ0n) is 18.3. The van der Waals surface area contributed by atoms with Gasteiger partial charge in [-0.05, 0) is 46.8 Å². The molecule has 0 spiro atoms. The van der Waals surface area contributed by atoms with Crippen molar-refractivity contribution in [1.82, 2.24) is 25.5 Å². The van der Waals surface area contributed by atoms with Crippen LogP contribution in [0.2, 0.25) is 0 Å². The van der Waals surface area contributed by atoms with E-state index in [0.717, 1.165) is 24.3 Å². The molecule has 2 aromatic carbocycles. The minimum atomic E-state index is -4.48. The molecular formula is C22H18F3N5O6. The van der Waals surface area contributed by atoms with Crippen LogP contribution < -0.4 is 19.5 Å². The Hall–Kier alpha value is -3.91. The number of tetrazole rings is 1. The summed E-state index contributed by atoms with van der Waals surface area (Å²) >= 11 is 0. The average molecular weight is 505 g/mol. The Bertz CT molecular complexity index is 1280. The fourth-order valence-electron chi connectivity index (χ4n) is 4.38. The highest BCUT2D eigenvalue weighted by Crippen LogP contribution is 2.38. The maximum Gasteiger partial charge on any atom is 0.416 e. The highest BCUT2D eigenvalue weighted by molar-refractivity contribution is 5.94. The first-order valence-electron chi connectivity index (χ1n) is 10.9. The lowest BCUT2D eigenvalue weighted by atomic mass is 10.1. The van der Waals surface area contributed by atoms with Crippen molar-refractivity contribution in [2.45, 2.75) is 30.5 Å². The number of alkyl halides is 3. The number of hydrogen-bond acceptors (Lipinski definition) is 9. The standard InChI is InChI=1S/C22H18F3N5O6/c23-22(24,25)12-3-1-11(2-4-12)20(31)26-14-8-32-19-15(9-33-18(14)19)30-21(27-28-29-30)36-13-5-6-16-17(7-13)35-10-34-16/h1-7,14-15,18-19H,8-10H2,(H,26,31). The molecule has 3 aliphatic heterocycles. The average Bonchev–Trinajstić information content (AvgIpc) is 3.64. The summed E-state index contributed by atoms with van der Waals surface area (Å²) in [6, 6.07) is 8.23. The van der Waals surface area contributed by atoms with Crippen molar-refractivity contribution in [3.05, 3.63) is 53.6 Å². The van der Waals surface area contributed by atoms with E-state index in [4.69, 9.17) is 23.7 Å². The predicted octanol–water partition coefficient (Wildman–Crippen LogP) is 2.35. The van der Waals surface area contributed by atoms with Crippen molar-refractivity contribution in [1.29, 1.82) is 0 Å². The maximum atomic E-state index is 12.8. The normalized spacial score (nSPS) is 24.5. The van der Waals surface area contributed by atoms with E-state index < -0.39 is 41.9 Å². The lowest BCUT2D eigenvalue weighted by molar-refractivity contribution is -0.137. The number of hydrogen-bond donors (Lipinski definition) is 1. The van der Waals surface area contributed by atoms with Crippen LogP contribution in [0.4, 0.5) is 13.2 Å². The molecule has 0 radical (unpaired) electrons. The molecule has 36 heavy (non-hydrogen) atoms. The van der Waals surface area contributed by atoms with Gasteiger partial charge in [-0.25, -0.2) is 0 Å². The molecule has 3 aliphatic rings. The second-order valence-electron chi connectivity index (χ2n) is 8.34. The summed E-state index contributed by atoms with van der Waals surface area (Å²) in [6.07, 6.45) is -5.46. The van der Waals surface area contributed by atoms with E-state index in [2.05, 4.69) is 20.8 Å². The molecule has 1 N–H and O–H groups in total. The second kappa shape index (κ2) is 8.64. The summed E-state index contributed by atoms with van der Waals surface area (Å²) in [5.41, 5.74) is -0.730. The van der Waals surface area contributed by atoms with Gasteiger partial charge in [0.15, 0.2) is 11.5 Å². The molecule has 0 saturated carbocycles. The van der Waals surface area contributed by atoms with Gasteiger partial charge in [-0.3, -0.25) is 4.79 Å². The fourth-order valence-corrected chi connectivity index (χ4v) is 4.38. The number of nitrogens with zero attached hydrogens (tertiary/aromatic N) is 4. The van der Waals surface area contributed by atoms with Crippen LogP contribution in [0.15, 0.2) is 42.5 Å². The zero-order chi connectivity index (χ0) is 24.9. The molecule has 1 amide bonds. The quantitative estimate of drug-likeness (QED) is 0.557. The molecule has 1 aromatic heterocycles. The molecule has 14 heteroatoms. The van der Waals surface area contributed by atoms with Crippen molar-refractivity contribution in [3.63, 3.8) is 0 Å². The molecule has 0 aliphatic carbocycles. The van der Waals surface area contributed by atoms with E-state index in [0.29, 0.717) is 17.2 Å².